The van der Waals surface area contributed by atoms with E-state index in [2.05, 4.69) is 15.4 Å². The lowest BCUT2D eigenvalue weighted by molar-refractivity contribution is 0.102. The van der Waals surface area contributed by atoms with Crippen LogP contribution in [0.15, 0.2) is 47.4 Å². The molecular formula is C18H18N4O3. The number of anilines is 1. The number of methoxy groups -OCH3 is 1. The maximum atomic E-state index is 12.2. The van der Waals surface area contributed by atoms with Crippen molar-refractivity contribution >= 4 is 11.6 Å². The van der Waals surface area contributed by atoms with E-state index < -0.39 is 5.91 Å². The average Bonchev–Trinajstić information content (AvgIpc) is 2.93. The van der Waals surface area contributed by atoms with Crippen molar-refractivity contribution in [2.75, 3.05) is 12.4 Å². The van der Waals surface area contributed by atoms with Gasteiger partial charge in [-0.25, -0.2) is 4.68 Å². The van der Waals surface area contributed by atoms with Crippen molar-refractivity contribution in [3.8, 4) is 11.4 Å². The summed E-state index contributed by atoms with van der Waals surface area (Å²) in [6.45, 7) is 3.92. The molecule has 0 aliphatic heterocycles. The quantitative estimate of drug-likeness (QED) is 0.765. The molecule has 0 spiro atoms. The summed E-state index contributed by atoms with van der Waals surface area (Å²) in [7, 11) is 1.40. The number of amides is 1. The van der Waals surface area contributed by atoms with Gasteiger partial charge in [0, 0.05) is 23.6 Å². The molecule has 0 saturated heterocycles. The molecule has 1 aromatic carbocycles. The number of ether oxygens (including phenoxy) is 1. The molecule has 1 amide bonds. The molecule has 2 N–H and O–H groups in total. The maximum Gasteiger partial charge on any atom is 0.272 e. The van der Waals surface area contributed by atoms with Crippen molar-refractivity contribution in [3.05, 3.63) is 69.9 Å². The second-order valence-electron chi connectivity index (χ2n) is 5.62. The Morgan fingerprint density at radius 3 is 2.48 bits per heavy atom. The molecule has 0 radical (unpaired) electrons. The Hall–Kier alpha value is -3.35. The second-order valence-corrected chi connectivity index (χ2v) is 5.62. The van der Waals surface area contributed by atoms with Crippen molar-refractivity contribution in [2.45, 2.75) is 13.8 Å². The van der Waals surface area contributed by atoms with Gasteiger partial charge in [0.05, 0.1) is 18.5 Å². The minimum absolute atomic E-state index is 0.158. The zero-order chi connectivity index (χ0) is 18.0. The van der Waals surface area contributed by atoms with E-state index in [4.69, 9.17) is 4.74 Å². The molecule has 3 rings (SSSR count). The van der Waals surface area contributed by atoms with Crippen LogP contribution >= 0.6 is 0 Å². The molecule has 0 fully saturated rings. The van der Waals surface area contributed by atoms with E-state index >= 15 is 0 Å². The highest BCUT2D eigenvalue weighted by molar-refractivity contribution is 6.02. The summed E-state index contributed by atoms with van der Waals surface area (Å²) in [6, 6.07) is 10.5. The van der Waals surface area contributed by atoms with Crippen LogP contribution in [0.5, 0.6) is 5.75 Å². The number of aromatic amines is 1. The third-order valence-electron chi connectivity index (χ3n) is 3.72. The lowest BCUT2D eigenvalue weighted by atomic mass is 10.2. The normalized spacial score (nSPS) is 10.5. The third-order valence-corrected chi connectivity index (χ3v) is 3.72. The van der Waals surface area contributed by atoms with Crippen LogP contribution < -0.4 is 15.5 Å². The van der Waals surface area contributed by atoms with Gasteiger partial charge in [-0.2, -0.15) is 5.10 Å². The second kappa shape index (κ2) is 6.64. The zero-order valence-corrected chi connectivity index (χ0v) is 14.2. The molecule has 0 saturated carbocycles. The van der Waals surface area contributed by atoms with Crippen LogP contribution in [0.2, 0.25) is 0 Å². The van der Waals surface area contributed by atoms with Crippen LogP contribution in [0, 0.1) is 13.8 Å². The largest absolute Gasteiger partial charge is 0.491 e. The molecule has 0 aliphatic rings. The molecule has 2 heterocycles. The van der Waals surface area contributed by atoms with E-state index in [1.54, 1.807) is 12.1 Å². The van der Waals surface area contributed by atoms with Gasteiger partial charge < -0.3 is 15.0 Å². The number of carbonyl (C=O) groups excluding carboxylic acids is 1. The zero-order valence-electron chi connectivity index (χ0n) is 14.2. The fourth-order valence-electron chi connectivity index (χ4n) is 2.52. The summed E-state index contributed by atoms with van der Waals surface area (Å²) in [4.78, 5) is 26.7. The van der Waals surface area contributed by atoms with E-state index in [1.165, 1.54) is 19.4 Å². The van der Waals surface area contributed by atoms with E-state index in [-0.39, 0.29) is 16.9 Å². The Morgan fingerprint density at radius 2 is 1.92 bits per heavy atom. The van der Waals surface area contributed by atoms with E-state index in [1.807, 2.05) is 36.7 Å². The number of hydrogen-bond donors (Lipinski definition) is 2. The van der Waals surface area contributed by atoms with Gasteiger partial charge in [-0.05, 0) is 44.2 Å². The number of benzene rings is 1. The number of carbonyl (C=O) groups is 1. The predicted octanol–water partition coefficient (Wildman–Crippen LogP) is 2.44. The summed E-state index contributed by atoms with van der Waals surface area (Å²) in [5.74, 6) is -0.246. The number of H-pyrrole nitrogens is 1. The minimum atomic E-state index is -0.404. The first kappa shape index (κ1) is 16.5. The van der Waals surface area contributed by atoms with Crippen molar-refractivity contribution in [1.82, 2.24) is 14.8 Å². The first-order valence-corrected chi connectivity index (χ1v) is 7.69. The Morgan fingerprint density at radius 1 is 1.20 bits per heavy atom. The van der Waals surface area contributed by atoms with Crippen LogP contribution in [0.4, 0.5) is 5.69 Å². The van der Waals surface area contributed by atoms with Crippen molar-refractivity contribution in [3.63, 3.8) is 0 Å². The predicted molar refractivity (Wildman–Crippen MR) is 94.6 cm³/mol. The van der Waals surface area contributed by atoms with Gasteiger partial charge in [-0.3, -0.25) is 9.59 Å². The SMILES string of the molecule is COc1c[nH]c(C(=O)Nc2ccc(-n3nc(C)cc3C)cc2)cc1=O. The molecule has 0 unspecified atom stereocenters. The molecule has 25 heavy (non-hydrogen) atoms. The van der Waals surface area contributed by atoms with Crippen LogP contribution in [-0.2, 0) is 0 Å². The summed E-state index contributed by atoms with van der Waals surface area (Å²) in [5.41, 5.74) is 3.30. The van der Waals surface area contributed by atoms with Crippen molar-refractivity contribution < 1.29 is 9.53 Å². The molecule has 7 heteroatoms. The monoisotopic (exact) mass is 338 g/mol. The lowest BCUT2D eigenvalue weighted by Crippen LogP contribution is -2.17. The topological polar surface area (TPSA) is 89.0 Å². The number of pyridine rings is 1. The first-order chi connectivity index (χ1) is 12.0. The van der Waals surface area contributed by atoms with Crippen LogP contribution in [-0.4, -0.2) is 27.8 Å². The Labute approximate surface area is 144 Å². The average molecular weight is 338 g/mol. The van der Waals surface area contributed by atoms with E-state index in [0.717, 1.165) is 17.1 Å². The molecule has 2 aromatic heterocycles. The first-order valence-electron chi connectivity index (χ1n) is 7.69. The number of nitrogens with zero attached hydrogens (tertiary/aromatic N) is 2. The number of hydrogen-bond acceptors (Lipinski definition) is 4. The Balaban J connectivity index is 1.77. The van der Waals surface area contributed by atoms with Gasteiger partial charge in [-0.15, -0.1) is 0 Å². The number of aryl methyl sites for hydroxylation is 2. The van der Waals surface area contributed by atoms with E-state index in [9.17, 15) is 9.59 Å². The summed E-state index contributed by atoms with van der Waals surface area (Å²) >= 11 is 0. The highest BCUT2D eigenvalue weighted by Crippen LogP contribution is 2.16. The van der Waals surface area contributed by atoms with Gasteiger partial charge in [-0.1, -0.05) is 0 Å². The van der Waals surface area contributed by atoms with Crippen LogP contribution in [0.25, 0.3) is 5.69 Å². The molecule has 3 aromatic rings. The molecule has 7 nitrogen and oxygen atoms in total. The molecule has 0 atom stereocenters. The third kappa shape index (κ3) is 3.45. The molecule has 0 bridgehead atoms. The van der Waals surface area contributed by atoms with Gasteiger partial charge in [0.2, 0.25) is 5.43 Å². The fraction of sp³-hybridized carbons (Fsp3) is 0.167. The Bertz CT molecular complexity index is 971. The Kier molecular flexibility index (Phi) is 4.38. The fourth-order valence-corrected chi connectivity index (χ4v) is 2.52. The summed E-state index contributed by atoms with van der Waals surface area (Å²) < 4.78 is 6.72. The summed E-state index contributed by atoms with van der Waals surface area (Å²) in [5, 5.41) is 7.16. The maximum absolute atomic E-state index is 12.2. The van der Waals surface area contributed by atoms with Crippen molar-refractivity contribution in [1.29, 1.82) is 0 Å². The highest BCUT2D eigenvalue weighted by Gasteiger charge is 2.10. The van der Waals surface area contributed by atoms with Gasteiger partial charge in [0.1, 0.15) is 5.69 Å². The number of aromatic nitrogens is 3. The number of rotatable bonds is 4. The van der Waals surface area contributed by atoms with Gasteiger partial charge in [0.15, 0.2) is 5.75 Å². The molecular weight excluding hydrogens is 320 g/mol. The molecule has 0 aliphatic carbocycles. The summed E-state index contributed by atoms with van der Waals surface area (Å²) in [6.07, 6.45) is 1.36. The molecule has 128 valence electrons. The minimum Gasteiger partial charge on any atom is -0.491 e. The standard InChI is InChI=1S/C18H18N4O3/c1-11-8-12(2)22(21-11)14-6-4-13(5-7-14)20-18(24)15-9-16(23)17(25-3)10-19-15/h4-10H,1-3H3,(H,19,23)(H,20,24). The number of nitrogens with one attached hydrogen (secondary N) is 2. The van der Waals surface area contributed by atoms with Gasteiger partial charge >= 0.3 is 0 Å². The lowest BCUT2D eigenvalue weighted by Gasteiger charge is -2.08. The van der Waals surface area contributed by atoms with Crippen LogP contribution in [0.1, 0.15) is 21.9 Å². The highest BCUT2D eigenvalue weighted by atomic mass is 16.5. The smallest absolute Gasteiger partial charge is 0.272 e. The van der Waals surface area contributed by atoms with Crippen molar-refractivity contribution in [2.24, 2.45) is 0 Å². The van der Waals surface area contributed by atoms with Gasteiger partial charge in [0.25, 0.3) is 5.91 Å². The van der Waals surface area contributed by atoms with E-state index in [0.29, 0.717) is 5.69 Å². The van der Waals surface area contributed by atoms with Crippen LogP contribution in [0.3, 0.4) is 0 Å².